The highest BCUT2D eigenvalue weighted by Gasteiger charge is 2.32. The number of hydrogen-bond acceptors (Lipinski definition) is 3. The molecule has 3 fully saturated rings. The zero-order chi connectivity index (χ0) is 16.1. The van der Waals surface area contributed by atoms with Crippen LogP contribution in [0.5, 0.6) is 0 Å². The zero-order valence-corrected chi connectivity index (χ0v) is 14.8. The first kappa shape index (κ1) is 17.2. The number of ether oxygens (including phenoxy) is 1. The van der Waals surface area contributed by atoms with Crippen molar-refractivity contribution in [3.63, 3.8) is 0 Å². The Labute approximate surface area is 141 Å². The predicted molar refractivity (Wildman–Crippen MR) is 92.3 cm³/mol. The molecule has 0 bridgehead atoms. The third-order valence-electron chi connectivity index (χ3n) is 6.20. The second-order valence-electron chi connectivity index (χ2n) is 7.89. The summed E-state index contributed by atoms with van der Waals surface area (Å²) in [6, 6.07) is 0.479. The molecule has 2 atom stereocenters. The van der Waals surface area contributed by atoms with Crippen LogP contribution in [-0.4, -0.2) is 49.2 Å². The Kier molecular flexibility index (Phi) is 6.35. The average Bonchev–Trinajstić information content (AvgIpc) is 3.27. The molecule has 1 saturated carbocycles. The number of carbonyl (C=O) groups excluding carboxylic acids is 1. The van der Waals surface area contributed by atoms with Crippen molar-refractivity contribution in [2.45, 2.75) is 76.9 Å². The van der Waals surface area contributed by atoms with Crippen LogP contribution < -0.4 is 5.32 Å². The van der Waals surface area contributed by atoms with E-state index in [1.54, 1.807) is 0 Å². The first-order valence-corrected chi connectivity index (χ1v) is 9.86. The molecule has 1 aliphatic carbocycles. The molecule has 2 saturated heterocycles. The van der Waals surface area contributed by atoms with Gasteiger partial charge in [-0.1, -0.05) is 19.8 Å². The molecule has 3 aliphatic rings. The largest absolute Gasteiger partial charge is 0.376 e. The molecule has 2 aliphatic heterocycles. The zero-order valence-electron chi connectivity index (χ0n) is 14.8. The van der Waals surface area contributed by atoms with Crippen LogP contribution in [0.25, 0.3) is 0 Å². The van der Waals surface area contributed by atoms with Crippen molar-refractivity contribution in [2.24, 2.45) is 11.8 Å². The lowest BCUT2D eigenvalue weighted by Crippen LogP contribution is -2.44. The molecule has 3 rings (SSSR count). The summed E-state index contributed by atoms with van der Waals surface area (Å²) in [5.74, 6) is 1.62. The van der Waals surface area contributed by atoms with Gasteiger partial charge < -0.3 is 15.0 Å². The van der Waals surface area contributed by atoms with Crippen LogP contribution >= 0.6 is 0 Å². The number of hydrogen-bond donors (Lipinski definition) is 1. The number of rotatable bonds is 6. The van der Waals surface area contributed by atoms with Crippen molar-refractivity contribution in [2.75, 3.05) is 26.2 Å². The van der Waals surface area contributed by atoms with Gasteiger partial charge >= 0.3 is 0 Å². The SMILES string of the molecule is CC(CC(=O)N(CC1CCCO1)C1CCCC1)C1CCNCC1. The van der Waals surface area contributed by atoms with E-state index < -0.39 is 0 Å². The highest BCUT2D eigenvalue weighted by Crippen LogP contribution is 2.29. The Balaban J connectivity index is 1.56. The third kappa shape index (κ3) is 4.69. The topological polar surface area (TPSA) is 41.6 Å². The summed E-state index contributed by atoms with van der Waals surface area (Å²) < 4.78 is 5.81. The number of amides is 1. The Morgan fingerprint density at radius 3 is 2.52 bits per heavy atom. The van der Waals surface area contributed by atoms with E-state index >= 15 is 0 Å². The van der Waals surface area contributed by atoms with Gasteiger partial charge in [0.15, 0.2) is 0 Å². The first-order chi connectivity index (χ1) is 11.2. The van der Waals surface area contributed by atoms with Crippen molar-refractivity contribution in [1.29, 1.82) is 0 Å². The highest BCUT2D eigenvalue weighted by atomic mass is 16.5. The van der Waals surface area contributed by atoms with E-state index in [0.29, 0.717) is 23.8 Å². The van der Waals surface area contributed by atoms with E-state index in [-0.39, 0.29) is 6.10 Å². The summed E-state index contributed by atoms with van der Waals surface area (Å²) in [6.07, 6.45) is 10.7. The van der Waals surface area contributed by atoms with Gasteiger partial charge in [-0.05, 0) is 63.5 Å². The molecule has 1 N–H and O–H groups in total. The monoisotopic (exact) mass is 322 g/mol. The molecule has 1 amide bonds. The van der Waals surface area contributed by atoms with E-state index in [1.807, 2.05) is 0 Å². The van der Waals surface area contributed by atoms with Gasteiger partial charge in [-0.15, -0.1) is 0 Å². The number of piperidine rings is 1. The van der Waals surface area contributed by atoms with Gasteiger partial charge in [-0.3, -0.25) is 4.79 Å². The molecule has 0 spiro atoms. The van der Waals surface area contributed by atoms with E-state index in [2.05, 4.69) is 17.1 Å². The van der Waals surface area contributed by atoms with Crippen LogP contribution in [0.15, 0.2) is 0 Å². The Bertz CT molecular complexity index is 370. The Hall–Kier alpha value is -0.610. The van der Waals surface area contributed by atoms with E-state index in [0.717, 1.165) is 45.5 Å². The maximum absolute atomic E-state index is 13.0. The van der Waals surface area contributed by atoms with Crippen molar-refractivity contribution < 1.29 is 9.53 Å². The highest BCUT2D eigenvalue weighted by molar-refractivity contribution is 5.77. The maximum atomic E-state index is 13.0. The van der Waals surface area contributed by atoms with Gasteiger partial charge in [0.05, 0.1) is 6.10 Å². The molecule has 4 nitrogen and oxygen atoms in total. The van der Waals surface area contributed by atoms with E-state index in [1.165, 1.54) is 38.5 Å². The second kappa shape index (κ2) is 8.48. The van der Waals surface area contributed by atoms with Crippen molar-refractivity contribution in [1.82, 2.24) is 10.2 Å². The van der Waals surface area contributed by atoms with Gasteiger partial charge in [0.2, 0.25) is 5.91 Å². The summed E-state index contributed by atoms with van der Waals surface area (Å²) in [4.78, 5) is 15.2. The lowest BCUT2D eigenvalue weighted by molar-refractivity contribution is -0.136. The fourth-order valence-corrected chi connectivity index (χ4v) is 4.65. The molecule has 2 unspecified atom stereocenters. The normalized spacial score (nSPS) is 28.1. The molecule has 2 heterocycles. The molecule has 0 radical (unpaired) electrons. The number of carbonyl (C=O) groups is 1. The van der Waals surface area contributed by atoms with Crippen LogP contribution in [0.1, 0.15) is 64.7 Å². The van der Waals surface area contributed by atoms with E-state index in [9.17, 15) is 4.79 Å². The van der Waals surface area contributed by atoms with Crippen LogP contribution in [0.3, 0.4) is 0 Å². The fourth-order valence-electron chi connectivity index (χ4n) is 4.65. The molecule has 23 heavy (non-hydrogen) atoms. The molecular weight excluding hydrogens is 288 g/mol. The molecule has 0 aromatic heterocycles. The number of nitrogens with one attached hydrogen (secondary N) is 1. The van der Waals surface area contributed by atoms with Crippen LogP contribution in [0, 0.1) is 11.8 Å². The van der Waals surface area contributed by atoms with Crippen molar-refractivity contribution in [3.05, 3.63) is 0 Å². The van der Waals surface area contributed by atoms with Crippen molar-refractivity contribution >= 4 is 5.91 Å². The molecule has 0 aromatic carbocycles. The van der Waals surface area contributed by atoms with Gasteiger partial charge in [-0.2, -0.15) is 0 Å². The quantitative estimate of drug-likeness (QED) is 0.817. The van der Waals surface area contributed by atoms with Crippen LogP contribution in [-0.2, 0) is 9.53 Å². The van der Waals surface area contributed by atoms with Gasteiger partial charge in [-0.25, -0.2) is 0 Å². The predicted octanol–water partition coefficient (Wildman–Crippen LogP) is 2.96. The van der Waals surface area contributed by atoms with Gasteiger partial charge in [0, 0.05) is 25.6 Å². The Morgan fingerprint density at radius 2 is 1.87 bits per heavy atom. The summed E-state index contributed by atoms with van der Waals surface area (Å²) in [7, 11) is 0. The summed E-state index contributed by atoms with van der Waals surface area (Å²) in [6.45, 7) is 6.23. The molecular formula is C19H34N2O2. The fraction of sp³-hybridized carbons (Fsp3) is 0.947. The minimum Gasteiger partial charge on any atom is -0.376 e. The standard InChI is InChI=1S/C19H34N2O2/c1-15(16-8-10-20-11-9-16)13-19(22)21(17-5-2-3-6-17)14-18-7-4-12-23-18/h15-18,20H,2-14H2,1H3. The average molecular weight is 322 g/mol. The summed E-state index contributed by atoms with van der Waals surface area (Å²) >= 11 is 0. The minimum atomic E-state index is 0.286. The Morgan fingerprint density at radius 1 is 1.13 bits per heavy atom. The molecule has 4 heteroatoms. The third-order valence-corrected chi connectivity index (χ3v) is 6.20. The molecule has 0 aromatic rings. The minimum absolute atomic E-state index is 0.286. The lowest BCUT2D eigenvalue weighted by Gasteiger charge is -2.34. The first-order valence-electron chi connectivity index (χ1n) is 9.86. The summed E-state index contributed by atoms with van der Waals surface area (Å²) in [5, 5.41) is 3.43. The number of nitrogens with zero attached hydrogens (tertiary/aromatic N) is 1. The van der Waals surface area contributed by atoms with Crippen molar-refractivity contribution in [3.8, 4) is 0 Å². The molecule has 132 valence electrons. The smallest absolute Gasteiger partial charge is 0.223 e. The second-order valence-corrected chi connectivity index (χ2v) is 7.89. The lowest BCUT2D eigenvalue weighted by atomic mass is 9.84. The van der Waals surface area contributed by atoms with Crippen LogP contribution in [0.4, 0.5) is 0 Å². The van der Waals surface area contributed by atoms with Gasteiger partial charge in [0.25, 0.3) is 0 Å². The van der Waals surface area contributed by atoms with Crippen LogP contribution in [0.2, 0.25) is 0 Å². The van der Waals surface area contributed by atoms with E-state index in [4.69, 9.17) is 4.74 Å². The maximum Gasteiger partial charge on any atom is 0.223 e. The van der Waals surface area contributed by atoms with Gasteiger partial charge in [0.1, 0.15) is 0 Å². The summed E-state index contributed by atoms with van der Waals surface area (Å²) in [5.41, 5.74) is 0.